The van der Waals surface area contributed by atoms with Crippen molar-refractivity contribution >= 4 is 5.91 Å². The van der Waals surface area contributed by atoms with Gasteiger partial charge in [-0.1, -0.05) is 43.5 Å². The van der Waals surface area contributed by atoms with Crippen LogP contribution in [0.15, 0.2) is 48.5 Å². The minimum Gasteiger partial charge on any atom is -0.508 e. The molecule has 3 rings (SSSR count). The van der Waals surface area contributed by atoms with Gasteiger partial charge in [-0.25, -0.2) is 0 Å². The number of phenols is 2. The van der Waals surface area contributed by atoms with E-state index in [1.54, 1.807) is 30.3 Å². The summed E-state index contributed by atoms with van der Waals surface area (Å²) in [5.74, 6) is 0.428. The van der Waals surface area contributed by atoms with E-state index in [1.807, 2.05) is 23.1 Å². The molecule has 26 heavy (non-hydrogen) atoms. The first-order valence-electron chi connectivity index (χ1n) is 9.49. The van der Waals surface area contributed by atoms with Crippen molar-refractivity contribution in [3.8, 4) is 11.5 Å². The molecular weight excluding hydrogens is 326 g/mol. The van der Waals surface area contributed by atoms with Gasteiger partial charge in [0.05, 0.1) is 0 Å². The molecule has 1 saturated heterocycles. The van der Waals surface area contributed by atoms with Gasteiger partial charge in [-0.2, -0.15) is 0 Å². The SMILES string of the molecule is O=C(C[C@@H](c1ccc(O)cc1)c1cccc(O)c1)N1CCCCCCC1. The van der Waals surface area contributed by atoms with Crippen molar-refractivity contribution in [2.45, 2.75) is 44.4 Å². The van der Waals surface area contributed by atoms with Crippen molar-refractivity contribution in [2.75, 3.05) is 13.1 Å². The second kappa shape index (κ2) is 8.75. The monoisotopic (exact) mass is 353 g/mol. The normalized spacial score (nSPS) is 16.5. The molecule has 0 unspecified atom stereocenters. The number of aromatic hydroxyl groups is 2. The maximum Gasteiger partial charge on any atom is 0.223 e. The number of amides is 1. The van der Waals surface area contributed by atoms with Gasteiger partial charge in [-0.3, -0.25) is 4.79 Å². The summed E-state index contributed by atoms with van der Waals surface area (Å²) in [6.45, 7) is 1.67. The zero-order valence-corrected chi connectivity index (χ0v) is 15.1. The molecule has 0 aromatic heterocycles. The summed E-state index contributed by atoms with van der Waals surface area (Å²) in [4.78, 5) is 15.0. The minimum absolute atomic E-state index is 0.138. The fourth-order valence-electron chi connectivity index (χ4n) is 3.68. The number of hydrogen-bond acceptors (Lipinski definition) is 3. The fraction of sp³-hybridized carbons (Fsp3) is 0.409. The van der Waals surface area contributed by atoms with Gasteiger partial charge in [0.1, 0.15) is 11.5 Å². The molecule has 2 N–H and O–H groups in total. The third kappa shape index (κ3) is 4.78. The largest absolute Gasteiger partial charge is 0.508 e. The third-order valence-electron chi connectivity index (χ3n) is 5.16. The fourth-order valence-corrected chi connectivity index (χ4v) is 3.68. The second-order valence-electron chi connectivity index (χ2n) is 7.09. The van der Waals surface area contributed by atoms with Crippen LogP contribution in [0, 0.1) is 0 Å². The molecule has 4 heteroatoms. The number of carbonyl (C=O) groups is 1. The third-order valence-corrected chi connectivity index (χ3v) is 5.16. The maximum absolute atomic E-state index is 13.0. The van der Waals surface area contributed by atoms with E-state index < -0.39 is 0 Å². The van der Waals surface area contributed by atoms with Gasteiger partial charge in [0.25, 0.3) is 0 Å². The molecule has 0 bridgehead atoms. The van der Waals surface area contributed by atoms with Crippen LogP contribution in [0.25, 0.3) is 0 Å². The Balaban J connectivity index is 1.83. The van der Waals surface area contributed by atoms with Crippen LogP contribution in [0.4, 0.5) is 0 Å². The van der Waals surface area contributed by atoms with Crippen LogP contribution in [0.1, 0.15) is 55.6 Å². The smallest absolute Gasteiger partial charge is 0.223 e. The van der Waals surface area contributed by atoms with Gasteiger partial charge in [0, 0.05) is 25.4 Å². The Hall–Kier alpha value is -2.49. The van der Waals surface area contributed by atoms with Gasteiger partial charge in [-0.15, -0.1) is 0 Å². The van der Waals surface area contributed by atoms with Crippen molar-refractivity contribution in [2.24, 2.45) is 0 Å². The molecule has 1 atom stereocenters. The van der Waals surface area contributed by atoms with Crippen molar-refractivity contribution in [3.05, 3.63) is 59.7 Å². The van der Waals surface area contributed by atoms with Crippen LogP contribution >= 0.6 is 0 Å². The molecule has 0 saturated carbocycles. The van der Waals surface area contributed by atoms with E-state index in [4.69, 9.17) is 0 Å². The molecule has 0 spiro atoms. The predicted octanol–water partition coefficient (Wildman–Crippen LogP) is 4.41. The Labute approximate surface area is 155 Å². The molecule has 2 aromatic rings. The Kier molecular flexibility index (Phi) is 6.16. The van der Waals surface area contributed by atoms with E-state index in [0.29, 0.717) is 6.42 Å². The first-order chi connectivity index (χ1) is 12.6. The molecule has 1 aliphatic heterocycles. The summed E-state index contributed by atoms with van der Waals surface area (Å²) in [7, 11) is 0. The van der Waals surface area contributed by atoms with E-state index in [1.165, 1.54) is 19.3 Å². The molecule has 0 aliphatic carbocycles. The molecule has 1 heterocycles. The second-order valence-corrected chi connectivity index (χ2v) is 7.09. The van der Waals surface area contributed by atoms with Crippen LogP contribution in [-0.2, 0) is 4.79 Å². The minimum atomic E-state index is -0.138. The van der Waals surface area contributed by atoms with E-state index in [9.17, 15) is 15.0 Å². The highest BCUT2D eigenvalue weighted by molar-refractivity contribution is 5.78. The molecule has 0 radical (unpaired) electrons. The first-order valence-corrected chi connectivity index (χ1v) is 9.49. The molecule has 1 aliphatic rings. The zero-order chi connectivity index (χ0) is 18.4. The summed E-state index contributed by atoms with van der Waals surface area (Å²) in [5.41, 5.74) is 1.88. The van der Waals surface area contributed by atoms with E-state index in [0.717, 1.165) is 37.1 Å². The van der Waals surface area contributed by atoms with Crippen molar-refractivity contribution in [1.82, 2.24) is 4.90 Å². The van der Waals surface area contributed by atoms with Gasteiger partial charge in [0.2, 0.25) is 5.91 Å². The number of carbonyl (C=O) groups excluding carboxylic acids is 1. The summed E-state index contributed by atoms with van der Waals surface area (Å²) in [5, 5.41) is 19.5. The van der Waals surface area contributed by atoms with Gasteiger partial charge in [0.15, 0.2) is 0 Å². The van der Waals surface area contributed by atoms with Crippen LogP contribution in [0.3, 0.4) is 0 Å². The number of rotatable bonds is 4. The molecule has 2 aromatic carbocycles. The van der Waals surface area contributed by atoms with Crippen LogP contribution in [-0.4, -0.2) is 34.1 Å². The van der Waals surface area contributed by atoms with Gasteiger partial charge < -0.3 is 15.1 Å². The topological polar surface area (TPSA) is 60.8 Å². The average Bonchev–Trinajstić information content (AvgIpc) is 2.60. The Morgan fingerprint density at radius 3 is 2.15 bits per heavy atom. The van der Waals surface area contributed by atoms with Gasteiger partial charge in [-0.05, 0) is 48.2 Å². The summed E-state index contributed by atoms with van der Waals surface area (Å²) < 4.78 is 0. The van der Waals surface area contributed by atoms with E-state index >= 15 is 0 Å². The van der Waals surface area contributed by atoms with Crippen LogP contribution < -0.4 is 0 Å². The lowest BCUT2D eigenvalue weighted by Crippen LogP contribution is -2.34. The van der Waals surface area contributed by atoms with E-state index in [-0.39, 0.29) is 23.3 Å². The summed E-state index contributed by atoms with van der Waals surface area (Å²) in [6, 6.07) is 14.1. The Bertz CT molecular complexity index is 718. The van der Waals surface area contributed by atoms with Crippen LogP contribution in [0.2, 0.25) is 0 Å². The maximum atomic E-state index is 13.0. The molecule has 1 fully saturated rings. The highest BCUT2D eigenvalue weighted by atomic mass is 16.3. The average molecular weight is 353 g/mol. The number of phenolic OH excluding ortho intramolecular Hbond substituents is 2. The number of benzene rings is 2. The molecular formula is C22H27NO3. The van der Waals surface area contributed by atoms with Crippen LogP contribution in [0.5, 0.6) is 11.5 Å². The Morgan fingerprint density at radius 1 is 0.846 bits per heavy atom. The lowest BCUT2D eigenvalue weighted by Gasteiger charge is -2.27. The number of hydrogen-bond donors (Lipinski definition) is 2. The lowest BCUT2D eigenvalue weighted by atomic mass is 9.87. The molecule has 4 nitrogen and oxygen atoms in total. The zero-order valence-electron chi connectivity index (χ0n) is 15.1. The number of nitrogens with zero attached hydrogens (tertiary/aromatic N) is 1. The highest BCUT2D eigenvalue weighted by Gasteiger charge is 2.23. The standard InChI is InChI=1S/C22H27NO3/c24-19-11-9-17(10-12-19)21(18-7-6-8-20(25)15-18)16-22(26)23-13-4-2-1-3-5-14-23/h6-12,15,21,24-25H,1-5,13-14,16H2/t21-/m0/s1. The van der Waals surface area contributed by atoms with Crippen molar-refractivity contribution in [3.63, 3.8) is 0 Å². The number of likely N-dealkylation sites (tertiary alicyclic amines) is 1. The highest BCUT2D eigenvalue weighted by Crippen LogP contribution is 2.31. The van der Waals surface area contributed by atoms with Crippen molar-refractivity contribution < 1.29 is 15.0 Å². The predicted molar refractivity (Wildman–Crippen MR) is 102 cm³/mol. The van der Waals surface area contributed by atoms with E-state index in [2.05, 4.69) is 0 Å². The van der Waals surface area contributed by atoms with Crippen molar-refractivity contribution in [1.29, 1.82) is 0 Å². The van der Waals surface area contributed by atoms with Gasteiger partial charge >= 0.3 is 0 Å². The summed E-state index contributed by atoms with van der Waals surface area (Å²) >= 11 is 0. The quantitative estimate of drug-likeness (QED) is 0.856. The molecule has 138 valence electrons. The lowest BCUT2D eigenvalue weighted by molar-refractivity contribution is -0.131. The first kappa shape index (κ1) is 18.3. The molecule has 1 amide bonds. The summed E-state index contributed by atoms with van der Waals surface area (Å²) in [6.07, 6.45) is 6.16. The Morgan fingerprint density at radius 2 is 1.50 bits per heavy atom.